The van der Waals surface area contributed by atoms with Crippen LogP contribution < -0.4 is 0 Å². The van der Waals surface area contributed by atoms with Crippen LogP contribution in [0, 0.1) is 11.7 Å². The van der Waals surface area contributed by atoms with Crippen molar-refractivity contribution in [2.24, 2.45) is 5.92 Å². The molecule has 0 aromatic heterocycles. The molecule has 0 fully saturated rings. The average molecular weight is 252 g/mol. The molecule has 0 spiro atoms. The van der Waals surface area contributed by atoms with Gasteiger partial charge in [-0.3, -0.25) is 4.79 Å². The van der Waals surface area contributed by atoms with E-state index in [4.69, 9.17) is 4.74 Å². The Morgan fingerprint density at radius 3 is 2.78 bits per heavy atom. The number of halogens is 1. The number of carbonyl (C=O) groups is 1. The van der Waals surface area contributed by atoms with E-state index in [0.717, 1.165) is 12.8 Å². The van der Waals surface area contributed by atoms with Gasteiger partial charge in [0.05, 0.1) is 0 Å². The van der Waals surface area contributed by atoms with E-state index in [1.165, 1.54) is 6.07 Å². The highest BCUT2D eigenvalue weighted by atomic mass is 19.1. The Hall–Kier alpha value is -1.22. The minimum absolute atomic E-state index is 0.0718. The summed E-state index contributed by atoms with van der Waals surface area (Å²) in [6.07, 6.45) is 2.32. The molecule has 1 aromatic rings. The summed E-state index contributed by atoms with van der Waals surface area (Å²) < 4.78 is 18.7. The lowest BCUT2D eigenvalue weighted by Crippen LogP contribution is -2.15. The van der Waals surface area contributed by atoms with Gasteiger partial charge in [0, 0.05) is 13.0 Å². The molecular formula is C15H21FO2. The smallest absolute Gasteiger partial charge is 0.162 e. The molecular weight excluding hydrogens is 231 g/mol. The summed E-state index contributed by atoms with van der Waals surface area (Å²) >= 11 is 0. The van der Waals surface area contributed by atoms with Gasteiger partial charge in [0.25, 0.3) is 0 Å². The molecule has 1 rings (SSSR count). The average Bonchev–Trinajstić information content (AvgIpc) is 2.32. The van der Waals surface area contributed by atoms with Crippen LogP contribution in [0.5, 0.6) is 0 Å². The fourth-order valence-corrected chi connectivity index (χ4v) is 1.86. The molecule has 0 bridgehead atoms. The van der Waals surface area contributed by atoms with Gasteiger partial charge in [0.1, 0.15) is 12.4 Å². The van der Waals surface area contributed by atoms with Gasteiger partial charge in [-0.15, -0.1) is 0 Å². The van der Waals surface area contributed by atoms with Crippen LogP contribution in [0.25, 0.3) is 0 Å². The molecule has 0 saturated carbocycles. The fourth-order valence-electron chi connectivity index (χ4n) is 1.86. The first-order valence-electron chi connectivity index (χ1n) is 6.46. The number of ketones is 1. The number of carbonyl (C=O) groups excluding carboxylic acids is 1. The molecule has 0 N–H and O–H groups in total. The molecule has 0 aliphatic heterocycles. The Balaban J connectivity index is 2.28. The Bertz CT molecular complexity index is 377. The normalized spacial score (nSPS) is 12.4. The van der Waals surface area contributed by atoms with Crippen molar-refractivity contribution in [1.29, 1.82) is 0 Å². The zero-order chi connectivity index (χ0) is 13.4. The monoisotopic (exact) mass is 252 g/mol. The van der Waals surface area contributed by atoms with Crippen molar-refractivity contribution in [2.75, 3.05) is 13.2 Å². The first kappa shape index (κ1) is 14.8. The van der Waals surface area contributed by atoms with Gasteiger partial charge in [-0.05, 0) is 24.0 Å². The summed E-state index contributed by atoms with van der Waals surface area (Å²) in [7, 11) is 0. The van der Waals surface area contributed by atoms with Crippen molar-refractivity contribution in [3.05, 3.63) is 35.6 Å². The minimum Gasteiger partial charge on any atom is -0.373 e. The van der Waals surface area contributed by atoms with Crippen LogP contribution in [0.1, 0.15) is 32.3 Å². The molecule has 0 aliphatic carbocycles. The van der Waals surface area contributed by atoms with Crippen molar-refractivity contribution < 1.29 is 13.9 Å². The number of hydrogen-bond donors (Lipinski definition) is 0. The van der Waals surface area contributed by atoms with E-state index < -0.39 is 0 Å². The minimum atomic E-state index is -0.329. The molecule has 18 heavy (non-hydrogen) atoms. The van der Waals surface area contributed by atoms with E-state index in [0.29, 0.717) is 18.1 Å². The van der Waals surface area contributed by atoms with E-state index in [1.54, 1.807) is 18.2 Å². The lowest BCUT2D eigenvalue weighted by atomic mass is 10.1. The first-order chi connectivity index (χ1) is 8.63. The van der Waals surface area contributed by atoms with Crippen LogP contribution in [0.3, 0.4) is 0 Å². The Morgan fingerprint density at radius 1 is 1.39 bits per heavy atom. The molecule has 2 nitrogen and oxygen atoms in total. The van der Waals surface area contributed by atoms with Gasteiger partial charge in [-0.25, -0.2) is 4.39 Å². The SMILES string of the molecule is CCCC(C)COCC(=O)Cc1ccccc1F. The molecule has 0 radical (unpaired) electrons. The molecule has 0 amide bonds. The second-order valence-electron chi connectivity index (χ2n) is 4.72. The summed E-state index contributed by atoms with van der Waals surface area (Å²) in [4.78, 5) is 11.6. The molecule has 3 heteroatoms. The zero-order valence-corrected chi connectivity index (χ0v) is 11.1. The van der Waals surface area contributed by atoms with Crippen molar-refractivity contribution in [3.63, 3.8) is 0 Å². The van der Waals surface area contributed by atoms with Crippen LogP contribution in [0.2, 0.25) is 0 Å². The van der Waals surface area contributed by atoms with Crippen LogP contribution in [-0.2, 0) is 16.0 Å². The largest absolute Gasteiger partial charge is 0.373 e. The molecule has 1 aromatic carbocycles. The lowest BCUT2D eigenvalue weighted by molar-refractivity contribution is -0.123. The summed E-state index contributed by atoms with van der Waals surface area (Å²) in [5.74, 6) is 0.0604. The molecule has 0 saturated heterocycles. The van der Waals surface area contributed by atoms with Gasteiger partial charge < -0.3 is 4.74 Å². The number of hydrogen-bond acceptors (Lipinski definition) is 2. The van der Waals surface area contributed by atoms with Gasteiger partial charge in [0.15, 0.2) is 5.78 Å². The Kier molecular flexibility index (Phi) is 6.58. The van der Waals surface area contributed by atoms with Crippen LogP contribution in [0.4, 0.5) is 4.39 Å². The molecule has 0 aliphatic rings. The highest BCUT2D eigenvalue weighted by molar-refractivity contribution is 5.82. The van der Waals surface area contributed by atoms with Crippen molar-refractivity contribution in [3.8, 4) is 0 Å². The van der Waals surface area contributed by atoms with Crippen molar-refractivity contribution >= 4 is 5.78 Å². The van der Waals surface area contributed by atoms with E-state index in [9.17, 15) is 9.18 Å². The Labute approximate surface area is 108 Å². The first-order valence-corrected chi connectivity index (χ1v) is 6.46. The zero-order valence-electron chi connectivity index (χ0n) is 11.1. The third kappa shape index (κ3) is 5.41. The maximum atomic E-state index is 13.3. The Morgan fingerprint density at radius 2 is 2.11 bits per heavy atom. The van der Waals surface area contributed by atoms with E-state index in [1.807, 2.05) is 0 Å². The van der Waals surface area contributed by atoms with Crippen LogP contribution >= 0.6 is 0 Å². The van der Waals surface area contributed by atoms with Gasteiger partial charge in [0.2, 0.25) is 0 Å². The molecule has 0 heterocycles. The van der Waals surface area contributed by atoms with Gasteiger partial charge >= 0.3 is 0 Å². The second-order valence-corrected chi connectivity index (χ2v) is 4.72. The standard InChI is InChI=1S/C15H21FO2/c1-3-6-12(2)10-18-11-14(17)9-13-7-4-5-8-15(13)16/h4-5,7-8,12H,3,6,9-11H2,1-2H3. The third-order valence-corrected chi connectivity index (χ3v) is 2.79. The molecule has 1 unspecified atom stereocenters. The molecule has 1 atom stereocenters. The predicted octanol–water partition coefficient (Wildman–Crippen LogP) is 3.39. The van der Waals surface area contributed by atoms with E-state index in [-0.39, 0.29) is 24.6 Å². The van der Waals surface area contributed by atoms with E-state index in [2.05, 4.69) is 13.8 Å². The van der Waals surface area contributed by atoms with Crippen molar-refractivity contribution in [1.82, 2.24) is 0 Å². The highest BCUT2D eigenvalue weighted by Crippen LogP contribution is 2.08. The summed E-state index contributed by atoms with van der Waals surface area (Å²) in [5, 5.41) is 0. The fraction of sp³-hybridized carbons (Fsp3) is 0.533. The predicted molar refractivity (Wildman–Crippen MR) is 70.0 cm³/mol. The lowest BCUT2D eigenvalue weighted by Gasteiger charge is -2.10. The number of Topliss-reactive ketones (excluding diaryl/α,β-unsaturated/α-hetero) is 1. The highest BCUT2D eigenvalue weighted by Gasteiger charge is 2.08. The second kappa shape index (κ2) is 7.98. The maximum absolute atomic E-state index is 13.3. The van der Waals surface area contributed by atoms with Crippen LogP contribution in [-0.4, -0.2) is 19.0 Å². The third-order valence-electron chi connectivity index (χ3n) is 2.79. The van der Waals surface area contributed by atoms with E-state index >= 15 is 0 Å². The number of ether oxygens (including phenoxy) is 1. The quantitative estimate of drug-likeness (QED) is 0.709. The van der Waals surface area contributed by atoms with Gasteiger partial charge in [-0.2, -0.15) is 0 Å². The summed E-state index contributed by atoms with van der Waals surface area (Å²) in [6, 6.07) is 6.35. The molecule has 100 valence electrons. The number of rotatable bonds is 8. The maximum Gasteiger partial charge on any atom is 0.162 e. The summed E-state index contributed by atoms with van der Waals surface area (Å²) in [6.45, 7) is 4.89. The van der Waals surface area contributed by atoms with Crippen LogP contribution in [0.15, 0.2) is 24.3 Å². The number of benzene rings is 1. The van der Waals surface area contributed by atoms with Gasteiger partial charge in [-0.1, -0.05) is 38.5 Å². The van der Waals surface area contributed by atoms with Crippen molar-refractivity contribution in [2.45, 2.75) is 33.1 Å². The topological polar surface area (TPSA) is 26.3 Å². The summed E-state index contributed by atoms with van der Waals surface area (Å²) in [5.41, 5.74) is 0.438.